The van der Waals surface area contributed by atoms with Crippen LogP contribution in [0.3, 0.4) is 0 Å². The molecule has 0 aliphatic heterocycles. The highest BCUT2D eigenvalue weighted by molar-refractivity contribution is 6.20. The minimum Gasteiger partial charge on any atom is -0.507 e. The van der Waals surface area contributed by atoms with Gasteiger partial charge in [0.25, 0.3) is 0 Å². The van der Waals surface area contributed by atoms with Crippen molar-refractivity contribution in [2.24, 2.45) is 5.92 Å². The van der Waals surface area contributed by atoms with Crippen LogP contribution < -0.4 is 18.9 Å². The van der Waals surface area contributed by atoms with E-state index in [1.807, 2.05) is 41.5 Å². The van der Waals surface area contributed by atoms with E-state index < -0.39 is 5.97 Å². The molecule has 3 rings (SSSR count). The van der Waals surface area contributed by atoms with Crippen molar-refractivity contribution in [2.45, 2.75) is 73.0 Å². The topological polar surface area (TPSA) is 101 Å². The van der Waals surface area contributed by atoms with E-state index in [2.05, 4.69) is 0 Å². The van der Waals surface area contributed by atoms with Crippen LogP contribution in [0.15, 0.2) is 30.3 Å². The van der Waals surface area contributed by atoms with Crippen molar-refractivity contribution in [3.05, 3.63) is 41.5 Å². The molecule has 3 aromatic carbocycles. The van der Waals surface area contributed by atoms with E-state index in [0.717, 1.165) is 12.8 Å². The van der Waals surface area contributed by atoms with Crippen LogP contribution in [0.25, 0.3) is 21.9 Å². The van der Waals surface area contributed by atoms with E-state index in [4.69, 9.17) is 23.7 Å². The maximum Gasteiger partial charge on any atom is 0.339 e. The summed E-state index contributed by atoms with van der Waals surface area (Å²) in [5.74, 6) is 0.501. The monoisotopic (exact) mass is 566 g/mol. The van der Waals surface area contributed by atoms with E-state index in [-0.39, 0.29) is 47.2 Å². The van der Waals surface area contributed by atoms with E-state index in [1.165, 1.54) is 21.3 Å². The molecular weight excluding hydrogens is 524 g/mol. The first-order valence-electron chi connectivity index (χ1n) is 14.0. The number of esters is 1. The van der Waals surface area contributed by atoms with Gasteiger partial charge in [-0.1, -0.05) is 32.8 Å². The van der Waals surface area contributed by atoms with E-state index >= 15 is 0 Å². The Labute approximate surface area is 242 Å². The van der Waals surface area contributed by atoms with E-state index in [9.17, 15) is 14.7 Å². The van der Waals surface area contributed by atoms with Crippen LogP contribution in [-0.2, 0) is 4.74 Å². The Morgan fingerprint density at radius 1 is 0.756 bits per heavy atom. The average Bonchev–Trinajstić information content (AvgIpc) is 2.94. The molecule has 0 radical (unpaired) electrons. The lowest BCUT2D eigenvalue weighted by molar-refractivity contribution is 0.0597. The number of Topliss-reactive ketones (excluding diaryl/α,β-unsaturated/α-hetero) is 1. The summed E-state index contributed by atoms with van der Waals surface area (Å²) in [7, 11) is 4.31. The van der Waals surface area contributed by atoms with E-state index in [1.54, 1.807) is 30.3 Å². The normalized spacial score (nSPS) is 11.3. The van der Waals surface area contributed by atoms with Crippen molar-refractivity contribution in [3.8, 4) is 39.9 Å². The summed E-state index contributed by atoms with van der Waals surface area (Å²) < 4.78 is 28.4. The standard InChI is InChI=1S/C33H42O8/c1-10-20(11-2)14-24(34)30-31(33(36)39-9)29(21-12-13-25(37-7)26(15-21)38-8)22-16-27(40-18(3)4)28(41-19(5)6)17-23(22)32(30)35/h12-13,15-20,35H,10-11,14H2,1-9H3. The molecule has 0 fully saturated rings. The van der Waals surface area contributed by atoms with Gasteiger partial charge in [0.05, 0.1) is 44.7 Å². The summed E-state index contributed by atoms with van der Waals surface area (Å²) in [6.45, 7) is 11.6. The number of rotatable bonds is 13. The molecule has 0 saturated heterocycles. The molecule has 0 heterocycles. The summed E-state index contributed by atoms with van der Waals surface area (Å²) >= 11 is 0. The van der Waals surface area contributed by atoms with Gasteiger partial charge in [-0.2, -0.15) is 0 Å². The first kappa shape index (κ1) is 31.6. The van der Waals surface area contributed by atoms with Crippen molar-refractivity contribution in [3.63, 3.8) is 0 Å². The maximum absolute atomic E-state index is 13.9. The molecule has 0 spiro atoms. The largest absolute Gasteiger partial charge is 0.507 e. The fourth-order valence-electron chi connectivity index (χ4n) is 4.98. The van der Waals surface area contributed by atoms with Crippen molar-refractivity contribution < 1.29 is 38.4 Å². The molecule has 0 bridgehead atoms. The number of ether oxygens (including phenoxy) is 5. The molecule has 3 aromatic rings. The summed E-state index contributed by atoms with van der Waals surface area (Å²) in [5.41, 5.74) is 0.878. The van der Waals surface area contributed by atoms with Crippen LogP contribution in [-0.4, -0.2) is 50.4 Å². The van der Waals surface area contributed by atoms with Gasteiger partial charge in [0, 0.05) is 17.4 Å². The number of aromatic hydroxyl groups is 1. The fraction of sp³-hybridized carbons (Fsp3) is 0.455. The second kappa shape index (κ2) is 13.6. The lowest BCUT2D eigenvalue weighted by Crippen LogP contribution is -2.16. The van der Waals surface area contributed by atoms with Crippen molar-refractivity contribution >= 4 is 22.5 Å². The quantitative estimate of drug-likeness (QED) is 0.167. The highest BCUT2D eigenvalue weighted by atomic mass is 16.5. The fourth-order valence-corrected chi connectivity index (χ4v) is 4.98. The smallest absolute Gasteiger partial charge is 0.339 e. The van der Waals surface area contributed by atoms with Crippen LogP contribution >= 0.6 is 0 Å². The second-order valence-electron chi connectivity index (χ2n) is 10.5. The zero-order valence-electron chi connectivity index (χ0n) is 25.5. The van der Waals surface area contributed by atoms with Gasteiger partial charge >= 0.3 is 5.97 Å². The number of carbonyl (C=O) groups excluding carboxylic acids is 2. The first-order chi connectivity index (χ1) is 19.5. The minimum atomic E-state index is -0.742. The van der Waals surface area contributed by atoms with Gasteiger partial charge in [-0.3, -0.25) is 4.79 Å². The number of benzene rings is 3. The highest BCUT2D eigenvalue weighted by Gasteiger charge is 2.32. The molecular formula is C33H42O8. The molecule has 0 amide bonds. The lowest BCUT2D eigenvalue weighted by Gasteiger charge is -2.23. The van der Waals surface area contributed by atoms with Crippen molar-refractivity contribution in [1.82, 2.24) is 0 Å². The summed E-state index contributed by atoms with van der Waals surface area (Å²) in [5, 5.41) is 12.6. The van der Waals surface area contributed by atoms with Crippen molar-refractivity contribution in [2.75, 3.05) is 21.3 Å². The lowest BCUT2D eigenvalue weighted by atomic mass is 9.84. The number of carbonyl (C=O) groups is 2. The average molecular weight is 567 g/mol. The number of methoxy groups -OCH3 is 3. The molecule has 0 atom stereocenters. The molecule has 0 aliphatic carbocycles. The predicted molar refractivity (Wildman–Crippen MR) is 160 cm³/mol. The third kappa shape index (κ3) is 6.69. The number of hydrogen-bond donors (Lipinski definition) is 1. The van der Waals surface area contributed by atoms with Gasteiger partial charge in [-0.15, -0.1) is 0 Å². The predicted octanol–water partition coefficient (Wildman–Crippen LogP) is 7.60. The van der Waals surface area contributed by atoms with Crippen LogP contribution in [0.5, 0.6) is 28.7 Å². The van der Waals surface area contributed by atoms with Gasteiger partial charge in [-0.05, 0) is 68.8 Å². The van der Waals surface area contributed by atoms with Gasteiger partial charge in [0.1, 0.15) is 5.75 Å². The first-order valence-corrected chi connectivity index (χ1v) is 14.0. The van der Waals surface area contributed by atoms with Gasteiger partial charge in [0.2, 0.25) is 0 Å². The molecule has 1 N–H and O–H groups in total. The van der Waals surface area contributed by atoms with Gasteiger partial charge in [-0.25, -0.2) is 4.79 Å². The SMILES string of the molecule is CCC(CC)CC(=O)c1c(C(=O)OC)c(-c2ccc(OC)c(OC)c2)c2cc(OC(C)C)c(OC(C)C)cc2c1O. The second-order valence-corrected chi connectivity index (χ2v) is 10.5. The molecule has 8 heteroatoms. The van der Waals surface area contributed by atoms with Crippen LogP contribution in [0.4, 0.5) is 0 Å². The number of ketones is 1. The van der Waals surface area contributed by atoms with Crippen LogP contribution in [0, 0.1) is 5.92 Å². The third-order valence-electron chi connectivity index (χ3n) is 7.04. The van der Waals surface area contributed by atoms with Crippen LogP contribution in [0.1, 0.15) is 81.5 Å². The van der Waals surface area contributed by atoms with Crippen LogP contribution in [0.2, 0.25) is 0 Å². The maximum atomic E-state index is 13.9. The Hall–Kier alpha value is -3.94. The number of fused-ring (bicyclic) bond motifs is 1. The molecule has 8 nitrogen and oxygen atoms in total. The number of hydrogen-bond acceptors (Lipinski definition) is 8. The Kier molecular flexibility index (Phi) is 10.5. The molecule has 222 valence electrons. The molecule has 0 aliphatic rings. The summed E-state index contributed by atoms with van der Waals surface area (Å²) in [4.78, 5) is 27.4. The van der Waals surface area contributed by atoms with Gasteiger partial charge in [0.15, 0.2) is 28.8 Å². The Bertz CT molecular complexity index is 1400. The molecule has 0 saturated carbocycles. The van der Waals surface area contributed by atoms with Crippen molar-refractivity contribution in [1.29, 1.82) is 0 Å². The Morgan fingerprint density at radius 3 is 1.80 bits per heavy atom. The summed E-state index contributed by atoms with van der Waals surface area (Å²) in [6.07, 6.45) is 1.38. The Morgan fingerprint density at radius 2 is 1.32 bits per heavy atom. The zero-order valence-corrected chi connectivity index (χ0v) is 25.5. The molecule has 0 unspecified atom stereocenters. The van der Waals surface area contributed by atoms with Gasteiger partial charge < -0.3 is 28.8 Å². The number of phenolic OH excluding ortho intramolecular Hbond substituents is 1. The number of phenols is 1. The summed E-state index contributed by atoms with van der Waals surface area (Å²) in [6, 6.07) is 8.63. The zero-order chi connectivity index (χ0) is 30.4. The highest BCUT2D eigenvalue weighted by Crippen LogP contribution is 2.47. The molecule has 41 heavy (non-hydrogen) atoms. The molecule has 0 aromatic heterocycles. The minimum absolute atomic E-state index is 0.0197. The Balaban J connectivity index is 2.57. The van der Waals surface area contributed by atoms with E-state index in [0.29, 0.717) is 44.9 Å². The third-order valence-corrected chi connectivity index (χ3v) is 7.04.